The van der Waals surface area contributed by atoms with Gasteiger partial charge in [0.2, 0.25) is 0 Å². The van der Waals surface area contributed by atoms with Gasteiger partial charge in [-0.3, -0.25) is 0 Å². The van der Waals surface area contributed by atoms with Gasteiger partial charge in [0, 0.05) is 0 Å². The summed E-state index contributed by atoms with van der Waals surface area (Å²) >= 11 is -3.75. The fraction of sp³-hybridized carbons (Fsp3) is 0.500. The fourth-order valence-corrected chi connectivity index (χ4v) is 0. The van der Waals surface area contributed by atoms with Crippen molar-refractivity contribution >= 4 is 70.7 Å². The summed E-state index contributed by atoms with van der Waals surface area (Å²) in [5.41, 5.74) is 0. The Labute approximate surface area is 95.4 Å². The van der Waals surface area contributed by atoms with Gasteiger partial charge in [0.05, 0.1) is 0 Å². The van der Waals surface area contributed by atoms with Gasteiger partial charge in [-0.1, -0.05) is 13.8 Å². The van der Waals surface area contributed by atoms with E-state index in [9.17, 15) is 0 Å². The Hall–Kier alpha value is 2.99. The summed E-state index contributed by atoms with van der Waals surface area (Å²) in [5.74, 6) is 0. The minimum atomic E-state index is -3.11. The summed E-state index contributed by atoms with van der Waals surface area (Å²) in [7, 11) is 29.9. The van der Waals surface area contributed by atoms with Gasteiger partial charge in [-0.05, 0) is 0 Å². The molecule has 0 bridgehead atoms. The van der Waals surface area contributed by atoms with Crippen molar-refractivity contribution in [2.24, 2.45) is 0 Å². The third-order valence-electron chi connectivity index (χ3n) is 0. The molecule has 0 amide bonds. The van der Waals surface area contributed by atoms with Crippen LogP contribution in [0.2, 0.25) is 0 Å². The van der Waals surface area contributed by atoms with Gasteiger partial charge in [0.25, 0.3) is 0 Å². The average Bonchev–Trinajstić information content (AvgIpc) is 1.68. The summed E-state index contributed by atoms with van der Waals surface area (Å²) < 4.78 is 0. The van der Waals surface area contributed by atoms with Crippen molar-refractivity contribution in [2.75, 3.05) is 0 Å². The van der Waals surface area contributed by atoms with Gasteiger partial charge >= 0.3 is 62.9 Å². The average molecular weight is 318 g/mol. The molecule has 0 aromatic heterocycles. The number of halogens is 6. The van der Waals surface area contributed by atoms with Crippen LogP contribution in [0.5, 0.6) is 0 Å². The van der Waals surface area contributed by atoms with E-state index in [1.165, 1.54) is 0 Å². The van der Waals surface area contributed by atoms with Crippen LogP contribution in [-0.2, 0) is 12.3 Å². The number of hydrogen-bond donors (Lipinski definition) is 0. The summed E-state index contributed by atoms with van der Waals surface area (Å²) in [6.45, 7) is 5.00. The molecule has 0 fully saturated rings. The Bertz CT molecular complexity index is 39.5. The van der Waals surface area contributed by atoms with Gasteiger partial charge < -0.3 is 0 Å². The molecule has 0 unspecified atom stereocenters. The van der Waals surface area contributed by atoms with E-state index in [0.29, 0.717) is 0 Å². The Balaban J connectivity index is -0.0000000847. The van der Waals surface area contributed by atoms with E-state index >= 15 is 0 Å². The topological polar surface area (TPSA) is 0 Å². The maximum absolute atomic E-state index is 5.01. The number of rotatable bonds is 0. The Morgan fingerprint density at radius 2 is 1.00 bits per heavy atom. The first-order chi connectivity index (χ1) is 4.41. The second-order valence-electron chi connectivity index (χ2n) is 0.530. The second-order valence-corrected chi connectivity index (χ2v) is 18.6. The molecule has 0 aromatic carbocycles. The van der Waals surface area contributed by atoms with Gasteiger partial charge in [-0.15, -0.1) is 0 Å². The zero-order valence-electron chi connectivity index (χ0n) is 5.18. The molecule has 63 valence electrons. The molecule has 0 heterocycles. The molecule has 0 aliphatic rings. The van der Waals surface area contributed by atoms with Crippen molar-refractivity contribution in [1.29, 1.82) is 0 Å². The molecule has 0 aromatic rings. The molecule has 8 heteroatoms. The number of hydrogen-bond acceptors (Lipinski definition) is 0. The predicted molar refractivity (Wildman–Crippen MR) is 53.3 cm³/mol. The van der Waals surface area contributed by atoms with E-state index in [1.54, 1.807) is 6.92 Å². The van der Waals surface area contributed by atoms with E-state index in [-0.39, 0.29) is 0 Å². The maximum atomic E-state index is 5.01. The van der Waals surface area contributed by atoms with Crippen LogP contribution in [0, 0.1) is 6.92 Å². The van der Waals surface area contributed by atoms with Crippen LogP contribution < -0.4 is 0 Å². The molecule has 1 radical (unpaired) electrons. The molecular formula is C2H6AlCl6Ti. The minimum absolute atomic E-state index is 0.639. The summed E-state index contributed by atoms with van der Waals surface area (Å²) in [5, 5.41) is 0. The summed E-state index contributed by atoms with van der Waals surface area (Å²) in [4.78, 5) is 0. The Morgan fingerprint density at radius 3 is 1.00 bits per heavy atom. The standard InChI is InChI=1S/C2H5.Al.6ClH.Ti.H/c1-2;;;;;;;;;/h1H2,2H3;;6*1H;;/q;+2;;;;;;;+4;/p-6. The third-order valence-corrected chi connectivity index (χ3v) is 0. The molecule has 0 nitrogen and oxygen atoms in total. The summed E-state index contributed by atoms with van der Waals surface area (Å²) in [6, 6.07) is 0. The van der Waals surface area contributed by atoms with E-state index < -0.39 is 25.7 Å². The quantitative estimate of drug-likeness (QED) is 0.584. The van der Waals surface area contributed by atoms with Crippen molar-refractivity contribution in [2.45, 2.75) is 6.92 Å². The van der Waals surface area contributed by atoms with Crippen molar-refractivity contribution in [3.63, 3.8) is 0 Å². The summed E-state index contributed by atoms with van der Waals surface area (Å²) in [6.07, 6.45) is 0. The van der Waals surface area contributed by atoms with Gasteiger partial charge in [-0.25, -0.2) is 20.1 Å². The first-order valence-corrected chi connectivity index (χ1v) is 14.9. The Kier molecular flexibility index (Phi) is 27.1. The van der Waals surface area contributed by atoms with Gasteiger partial charge in [-0.2, -0.15) is 0 Å². The SMILES string of the molecule is [CH2]C.[Cl][AlH][Cl].[Cl][Ti]([Cl])([Cl])[Cl]. The normalized spacial score (nSPS) is 8.00. The van der Waals surface area contributed by atoms with Crippen LogP contribution in [0.4, 0.5) is 0 Å². The predicted octanol–water partition coefficient (Wildman–Crippen LogP) is 4.33. The van der Waals surface area contributed by atoms with Gasteiger partial charge in [0.1, 0.15) is 0 Å². The van der Waals surface area contributed by atoms with E-state index in [4.69, 9.17) is 57.3 Å². The van der Waals surface area contributed by atoms with Crippen LogP contribution in [0.15, 0.2) is 0 Å². The van der Waals surface area contributed by atoms with E-state index in [2.05, 4.69) is 6.92 Å². The van der Waals surface area contributed by atoms with Crippen LogP contribution in [-0.4, -0.2) is 13.4 Å². The molecule has 0 saturated carbocycles. The van der Waals surface area contributed by atoms with Crippen LogP contribution in [0.1, 0.15) is 6.92 Å². The van der Waals surface area contributed by atoms with Crippen LogP contribution >= 0.6 is 57.3 Å². The van der Waals surface area contributed by atoms with Crippen molar-refractivity contribution < 1.29 is 12.3 Å². The van der Waals surface area contributed by atoms with E-state index in [1.807, 2.05) is 0 Å². The van der Waals surface area contributed by atoms with Crippen molar-refractivity contribution in [1.82, 2.24) is 0 Å². The zero-order chi connectivity index (χ0) is 9.21. The molecule has 0 atom stereocenters. The third kappa shape index (κ3) is 123. The fourth-order valence-electron chi connectivity index (χ4n) is 0. The van der Waals surface area contributed by atoms with Crippen LogP contribution in [0.3, 0.4) is 0 Å². The molecule has 0 rings (SSSR count). The molecule has 10 heavy (non-hydrogen) atoms. The van der Waals surface area contributed by atoms with Crippen LogP contribution in [0.25, 0.3) is 0 Å². The monoisotopic (exact) mass is 315 g/mol. The molecule has 0 N–H and O–H groups in total. The second kappa shape index (κ2) is 14.5. The Morgan fingerprint density at radius 1 is 1.00 bits per heavy atom. The van der Waals surface area contributed by atoms with Crippen molar-refractivity contribution in [3.05, 3.63) is 6.92 Å². The molecule has 0 aliphatic heterocycles. The van der Waals surface area contributed by atoms with Crippen molar-refractivity contribution in [3.8, 4) is 0 Å². The molecular weight excluding hydrogens is 312 g/mol. The zero-order valence-corrected chi connectivity index (χ0v) is 12.7. The molecule has 0 spiro atoms. The first kappa shape index (κ1) is 18.7. The van der Waals surface area contributed by atoms with Gasteiger partial charge in [0.15, 0.2) is 0 Å². The molecule has 0 saturated heterocycles. The first-order valence-electron chi connectivity index (χ1n) is 2.00. The van der Waals surface area contributed by atoms with E-state index in [0.717, 1.165) is 0 Å². The molecule has 0 aliphatic carbocycles.